The zero-order valence-corrected chi connectivity index (χ0v) is 9.48. The average Bonchev–Trinajstić information content (AvgIpc) is 2.41. The van der Waals surface area contributed by atoms with Crippen molar-refractivity contribution in [2.75, 3.05) is 7.11 Å². The minimum absolute atomic E-state index is 0.298. The number of benzene rings is 1. The summed E-state index contributed by atoms with van der Waals surface area (Å²) in [6.07, 6.45) is 1.41. The summed E-state index contributed by atoms with van der Waals surface area (Å²) in [4.78, 5) is 15.3. The molecule has 92 valence electrons. The Bertz CT molecular complexity index is 599. The largest absolute Gasteiger partial charge is 0.465 e. The first-order valence-electron chi connectivity index (χ1n) is 5.11. The molecule has 1 heterocycles. The van der Waals surface area contributed by atoms with Crippen molar-refractivity contribution < 1.29 is 18.3 Å². The van der Waals surface area contributed by atoms with E-state index in [9.17, 15) is 13.6 Å². The molecule has 1 aromatic heterocycles. The molecule has 0 bridgehead atoms. The molecule has 3 nitrogen and oxygen atoms in total. The average molecular weight is 249 g/mol. The molecule has 0 saturated heterocycles. The second-order valence-electron chi connectivity index (χ2n) is 3.55. The Kier molecular flexibility index (Phi) is 3.32. The summed E-state index contributed by atoms with van der Waals surface area (Å²) in [5, 5.41) is 0. The molecular weight excluding hydrogens is 240 g/mol. The molecule has 0 unspecified atom stereocenters. The maximum Gasteiger partial charge on any atom is 0.337 e. The van der Waals surface area contributed by atoms with Crippen LogP contribution in [0.4, 0.5) is 8.78 Å². The Morgan fingerprint density at radius 3 is 2.61 bits per heavy atom. The van der Waals surface area contributed by atoms with Crippen molar-refractivity contribution in [2.45, 2.75) is 0 Å². The summed E-state index contributed by atoms with van der Waals surface area (Å²) in [6, 6.07) is 6.37. The lowest BCUT2D eigenvalue weighted by Crippen LogP contribution is -2.01. The van der Waals surface area contributed by atoms with Gasteiger partial charge in [0.05, 0.1) is 18.4 Å². The van der Waals surface area contributed by atoms with Crippen molar-refractivity contribution >= 4 is 5.97 Å². The van der Waals surface area contributed by atoms with E-state index in [-0.39, 0.29) is 0 Å². The van der Waals surface area contributed by atoms with Crippen LogP contribution in [-0.4, -0.2) is 18.1 Å². The molecule has 0 fully saturated rings. The van der Waals surface area contributed by atoms with Crippen molar-refractivity contribution in [1.29, 1.82) is 0 Å². The first kappa shape index (κ1) is 12.2. The SMILES string of the molecule is COC(=O)c1ccnc(-c2ccc(F)c(F)c2)c1. The molecular formula is C13H9F2NO2. The van der Waals surface area contributed by atoms with Gasteiger partial charge in [-0.3, -0.25) is 4.98 Å². The number of methoxy groups -OCH3 is 1. The lowest BCUT2D eigenvalue weighted by atomic mass is 10.1. The number of ether oxygens (including phenoxy) is 1. The highest BCUT2D eigenvalue weighted by Crippen LogP contribution is 2.20. The van der Waals surface area contributed by atoms with Gasteiger partial charge in [-0.1, -0.05) is 0 Å². The smallest absolute Gasteiger partial charge is 0.337 e. The molecule has 0 spiro atoms. The van der Waals surface area contributed by atoms with Crippen molar-refractivity contribution in [3.8, 4) is 11.3 Å². The van der Waals surface area contributed by atoms with Crippen molar-refractivity contribution in [3.05, 3.63) is 53.7 Å². The molecule has 0 amide bonds. The van der Waals surface area contributed by atoms with Gasteiger partial charge in [0.15, 0.2) is 11.6 Å². The summed E-state index contributed by atoms with van der Waals surface area (Å²) in [5.41, 5.74) is 1.06. The van der Waals surface area contributed by atoms with E-state index in [4.69, 9.17) is 0 Å². The van der Waals surface area contributed by atoms with Crippen LogP contribution in [0.5, 0.6) is 0 Å². The molecule has 0 aliphatic rings. The number of carbonyl (C=O) groups is 1. The maximum atomic E-state index is 13.1. The Morgan fingerprint density at radius 1 is 1.17 bits per heavy atom. The van der Waals surface area contributed by atoms with Crippen LogP contribution in [0.3, 0.4) is 0 Å². The Hall–Kier alpha value is -2.30. The van der Waals surface area contributed by atoms with Gasteiger partial charge in [-0.25, -0.2) is 13.6 Å². The van der Waals surface area contributed by atoms with Crippen molar-refractivity contribution in [2.24, 2.45) is 0 Å². The first-order valence-corrected chi connectivity index (χ1v) is 5.11. The summed E-state index contributed by atoms with van der Waals surface area (Å²) in [7, 11) is 1.26. The van der Waals surface area contributed by atoms with Crippen LogP contribution < -0.4 is 0 Å². The third kappa shape index (κ3) is 2.34. The van der Waals surface area contributed by atoms with Gasteiger partial charge in [-0.15, -0.1) is 0 Å². The van der Waals surface area contributed by atoms with Crippen LogP contribution in [0.15, 0.2) is 36.5 Å². The fourth-order valence-electron chi connectivity index (χ4n) is 1.49. The zero-order chi connectivity index (χ0) is 13.1. The summed E-state index contributed by atoms with van der Waals surface area (Å²) in [6.45, 7) is 0. The summed E-state index contributed by atoms with van der Waals surface area (Å²) >= 11 is 0. The van der Waals surface area contributed by atoms with Crippen LogP contribution in [0.1, 0.15) is 10.4 Å². The van der Waals surface area contributed by atoms with Gasteiger partial charge in [-0.2, -0.15) is 0 Å². The Balaban J connectivity index is 2.44. The zero-order valence-electron chi connectivity index (χ0n) is 9.48. The van der Waals surface area contributed by atoms with Gasteiger partial charge in [0.25, 0.3) is 0 Å². The molecule has 0 radical (unpaired) electrons. The number of halogens is 2. The van der Waals surface area contributed by atoms with E-state index < -0.39 is 17.6 Å². The third-order valence-electron chi connectivity index (χ3n) is 2.40. The molecule has 5 heteroatoms. The van der Waals surface area contributed by atoms with E-state index in [0.717, 1.165) is 12.1 Å². The van der Waals surface area contributed by atoms with Crippen LogP contribution >= 0.6 is 0 Å². The van der Waals surface area contributed by atoms with Gasteiger partial charge in [0, 0.05) is 11.8 Å². The third-order valence-corrected chi connectivity index (χ3v) is 2.40. The number of hydrogen-bond donors (Lipinski definition) is 0. The fraction of sp³-hybridized carbons (Fsp3) is 0.0769. The molecule has 0 atom stereocenters. The lowest BCUT2D eigenvalue weighted by Gasteiger charge is -2.04. The predicted octanol–water partition coefficient (Wildman–Crippen LogP) is 2.81. The predicted molar refractivity (Wildman–Crippen MR) is 60.9 cm³/mol. The van der Waals surface area contributed by atoms with Crippen molar-refractivity contribution in [1.82, 2.24) is 4.98 Å². The standard InChI is InChI=1S/C13H9F2NO2/c1-18-13(17)9-4-5-16-12(7-9)8-2-3-10(14)11(15)6-8/h2-7H,1H3. The van der Waals surface area contributed by atoms with Crippen LogP contribution in [0, 0.1) is 11.6 Å². The summed E-state index contributed by atoms with van der Waals surface area (Å²) in [5.74, 6) is -2.40. The van der Waals surface area contributed by atoms with E-state index in [1.165, 1.54) is 31.5 Å². The van der Waals surface area contributed by atoms with E-state index in [0.29, 0.717) is 16.8 Å². The highest BCUT2D eigenvalue weighted by molar-refractivity contribution is 5.90. The minimum Gasteiger partial charge on any atom is -0.465 e. The molecule has 1 aromatic carbocycles. The van der Waals surface area contributed by atoms with E-state index in [2.05, 4.69) is 9.72 Å². The van der Waals surface area contributed by atoms with E-state index in [1.54, 1.807) is 0 Å². The molecule has 18 heavy (non-hydrogen) atoms. The van der Waals surface area contributed by atoms with Gasteiger partial charge in [0.1, 0.15) is 0 Å². The highest BCUT2D eigenvalue weighted by Gasteiger charge is 2.09. The van der Waals surface area contributed by atoms with Crippen LogP contribution in [-0.2, 0) is 4.74 Å². The maximum absolute atomic E-state index is 13.1. The quantitative estimate of drug-likeness (QED) is 0.768. The number of carbonyl (C=O) groups excluding carboxylic acids is 1. The Labute approximate surface area is 102 Å². The van der Waals surface area contributed by atoms with Crippen molar-refractivity contribution in [3.63, 3.8) is 0 Å². The second-order valence-corrected chi connectivity index (χ2v) is 3.55. The normalized spacial score (nSPS) is 10.2. The molecule has 2 aromatic rings. The minimum atomic E-state index is -0.960. The van der Waals surface area contributed by atoms with Gasteiger partial charge < -0.3 is 4.74 Å². The number of nitrogens with zero attached hydrogens (tertiary/aromatic N) is 1. The molecule has 0 N–H and O–H groups in total. The number of aromatic nitrogens is 1. The molecule has 0 aliphatic heterocycles. The number of hydrogen-bond acceptors (Lipinski definition) is 3. The second kappa shape index (κ2) is 4.91. The van der Waals surface area contributed by atoms with Gasteiger partial charge >= 0.3 is 5.97 Å². The molecule has 0 saturated carbocycles. The fourth-order valence-corrected chi connectivity index (χ4v) is 1.49. The Morgan fingerprint density at radius 2 is 1.94 bits per heavy atom. The van der Waals surface area contributed by atoms with Crippen LogP contribution in [0.2, 0.25) is 0 Å². The summed E-state index contributed by atoms with van der Waals surface area (Å²) < 4.78 is 30.5. The molecule has 2 rings (SSSR count). The monoisotopic (exact) mass is 249 g/mol. The first-order chi connectivity index (χ1) is 8.61. The van der Waals surface area contributed by atoms with E-state index >= 15 is 0 Å². The number of rotatable bonds is 2. The van der Waals surface area contributed by atoms with Gasteiger partial charge in [-0.05, 0) is 30.3 Å². The van der Waals surface area contributed by atoms with Gasteiger partial charge in [0.2, 0.25) is 0 Å². The molecule has 0 aliphatic carbocycles. The topological polar surface area (TPSA) is 39.2 Å². The van der Waals surface area contributed by atoms with Crippen LogP contribution in [0.25, 0.3) is 11.3 Å². The van der Waals surface area contributed by atoms with E-state index in [1.807, 2.05) is 0 Å². The lowest BCUT2D eigenvalue weighted by molar-refractivity contribution is 0.0600. The highest BCUT2D eigenvalue weighted by atomic mass is 19.2. The number of esters is 1. The number of pyridine rings is 1.